The van der Waals surface area contributed by atoms with Crippen LogP contribution in [0.25, 0.3) is 0 Å². The van der Waals surface area contributed by atoms with Crippen LogP contribution >= 0.6 is 31.9 Å². The molecule has 2 fully saturated rings. The van der Waals surface area contributed by atoms with E-state index in [0.717, 1.165) is 12.8 Å². The van der Waals surface area contributed by atoms with Gasteiger partial charge in [0.15, 0.2) is 23.1 Å². The average molecular weight is 576 g/mol. The minimum atomic E-state index is -1.87. The molecule has 2 aliphatic carbocycles. The fourth-order valence-corrected chi connectivity index (χ4v) is 3.88. The summed E-state index contributed by atoms with van der Waals surface area (Å²) in [5.74, 6) is -14.3. The summed E-state index contributed by atoms with van der Waals surface area (Å²) >= 11 is 5.51. The molecule has 0 spiro atoms. The van der Waals surface area contributed by atoms with Gasteiger partial charge in [0.1, 0.15) is 8.95 Å². The first kappa shape index (κ1) is 22.6. The maximum Gasteiger partial charge on any atom is 0.208 e. The summed E-state index contributed by atoms with van der Waals surface area (Å²) in [5.41, 5.74) is 0. The van der Waals surface area contributed by atoms with Gasteiger partial charge >= 0.3 is 0 Å². The highest BCUT2D eigenvalue weighted by Gasteiger charge is 2.34. The molecule has 0 atom stereocenters. The summed E-state index contributed by atoms with van der Waals surface area (Å²) < 4.78 is 101. The van der Waals surface area contributed by atoms with Crippen LogP contribution < -0.4 is 14.2 Å². The molecule has 2 aliphatic rings. The van der Waals surface area contributed by atoms with Crippen molar-refractivity contribution in [1.82, 2.24) is 0 Å². The van der Waals surface area contributed by atoms with E-state index in [1.54, 1.807) is 0 Å². The van der Waals surface area contributed by atoms with E-state index in [0.29, 0.717) is 25.7 Å². The lowest BCUT2D eigenvalue weighted by molar-refractivity contribution is 0.111. The molecule has 4 rings (SSSR count). The van der Waals surface area contributed by atoms with E-state index >= 15 is 0 Å². The fraction of sp³-hybridized carbons (Fsp3) is 0.400. The van der Waals surface area contributed by atoms with Gasteiger partial charge in [0, 0.05) is 0 Å². The number of halogens is 8. The van der Waals surface area contributed by atoms with Gasteiger partial charge in [0.2, 0.25) is 34.8 Å². The molecule has 0 amide bonds. The van der Waals surface area contributed by atoms with Gasteiger partial charge < -0.3 is 14.2 Å². The van der Waals surface area contributed by atoms with E-state index in [1.165, 1.54) is 0 Å². The summed E-state index contributed by atoms with van der Waals surface area (Å²) in [5, 5.41) is 0. The molecule has 0 heterocycles. The van der Waals surface area contributed by atoms with Crippen LogP contribution in [0.15, 0.2) is 8.95 Å². The third kappa shape index (κ3) is 3.99. The highest BCUT2D eigenvalue weighted by molar-refractivity contribution is 9.11. The largest absolute Gasteiger partial charge is 0.486 e. The summed E-state index contributed by atoms with van der Waals surface area (Å²) in [4.78, 5) is 0. The minimum absolute atomic E-state index is 0.403. The second kappa shape index (κ2) is 8.73. The Bertz CT molecular complexity index is 901. The SMILES string of the molecule is Fc1c(F)c(OC2CCC2)c(Br)c(F)c1Oc1c(F)c(F)c(OC2CCC2)c(Br)c1F. The van der Waals surface area contributed by atoms with Gasteiger partial charge in [-0.05, 0) is 70.4 Å². The molecule has 31 heavy (non-hydrogen) atoms. The maximum absolute atomic E-state index is 14.7. The molecule has 0 unspecified atom stereocenters. The Balaban J connectivity index is 1.72. The standard InChI is InChI=1S/C20H14Br2F6O3/c21-9-11(23)19(15(27)13(25)17(9)29-7-3-1-4-7)31-20-12(24)10(22)18(14(26)16(20)28)30-8-5-2-6-8/h7-8H,1-6H2. The van der Waals surface area contributed by atoms with Crippen molar-refractivity contribution in [3.8, 4) is 23.0 Å². The average Bonchev–Trinajstić information content (AvgIpc) is 2.68. The van der Waals surface area contributed by atoms with Crippen LogP contribution in [0.4, 0.5) is 26.3 Å². The van der Waals surface area contributed by atoms with Gasteiger partial charge in [0.25, 0.3) is 0 Å². The lowest BCUT2D eigenvalue weighted by atomic mass is 9.96. The van der Waals surface area contributed by atoms with Crippen LogP contribution in [0.1, 0.15) is 38.5 Å². The summed E-state index contributed by atoms with van der Waals surface area (Å²) in [6.07, 6.45) is 3.21. The Hall–Kier alpha value is -1.62. The van der Waals surface area contributed by atoms with Crippen LogP contribution in [-0.2, 0) is 0 Å². The molecule has 0 aromatic heterocycles. The van der Waals surface area contributed by atoms with Crippen molar-refractivity contribution < 1.29 is 40.6 Å². The lowest BCUT2D eigenvalue weighted by Gasteiger charge is -2.28. The highest BCUT2D eigenvalue weighted by atomic mass is 79.9. The number of ether oxygens (including phenoxy) is 3. The van der Waals surface area contributed by atoms with Crippen molar-refractivity contribution in [3.63, 3.8) is 0 Å². The topological polar surface area (TPSA) is 27.7 Å². The Labute approximate surface area is 189 Å². The Morgan fingerprint density at radius 3 is 1.13 bits per heavy atom. The van der Waals surface area contributed by atoms with Crippen molar-refractivity contribution in [3.05, 3.63) is 43.8 Å². The number of benzene rings is 2. The number of hydrogen-bond acceptors (Lipinski definition) is 3. The smallest absolute Gasteiger partial charge is 0.208 e. The van der Waals surface area contributed by atoms with Crippen LogP contribution in [0.5, 0.6) is 23.0 Å². The molecule has 2 aromatic carbocycles. The Morgan fingerprint density at radius 2 is 0.839 bits per heavy atom. The third-order valence-electron chi connectivity index (χ3n) is 5.24. The monoisotopic (exact) mass is 574 g/mol. The van der Waals surface area contributed by atoms with Crippen molar-refractivity contribution in [2.45, 2.75) is 50.7 Å². The molecule has 11 heteroatoms. The first-order chi connectivity index (χ1) is 14.7. The number of hydrogen-bond donors (Lipinski definition) is 0. The molecule has 3 nitrogen and oxygen atoms in total. The van der Waals surface area contributed by atoms with Gasteiger partial charge in [-0.15, -0.1) is 0 Å². The first-order valence-corrected chi connectivity index (χ1v) is 11.0. The van der Waals surface area contributed by atoms with Crippen molar-refractivity contribution in [2.24, 2.45) is 0 Å². The van der Waals surface area contributed by atoms with E-state index < -0.39 is 79.1 Å². The quantitative estimate of drug-likeness (QED) is 0.261. The Morgan fingerprint density at radius 1 is 0.516 bits per heavy atom. The van der Waals surface area contributed by atoms with Gasteiger partial charge in [-0.3, -0.25) is 0 Å². The molecule has 0 radical (unpaired) electrons. The number of rotatable bonds is 6. The molecule has 2 aromatic rings. The van der Waals surface area contributed by atoms with Crippen molar-refractivity contribution >= 4 is 31.9 Å². The third-order valence-corrected chi connectivity index (χ3v) is 6.66. The molecule has 0 N–H and O–H groups in total. The first-order valence-electron chi connectivity index (χ1n) is 9.43. The molecule has 168 valence electrons. The van der Waals surface area contributed by atoms with Crippen LogP contribution in [-0.4, -0.2) is 12.2 Å². The zero-order valence-corrected chi connectivity index (χ0v) is 18.8. The van der Waals surface area contributed by atoms with Crippen LogP contribution in [0, 0.1) is 34.9 Å². The molecule has 0 aliphatic heterocycles. The molecular weight excluding hydrogens is 562 g/mol. The van der Waals surface area contributed by atoms with E-state index in [-0.39, 0.29) is 0 Å². The van der Waals surface area contributed by atoms with Gasteiger partial charge in [0.05, 0.1) is 12.2 Å². The van der Waals surface area contributed by atoms with E-state index in [9.17, 15) is 26.3 Å². The molecule has 2 saturated carbocycles. The maximum atomic E-state index is 14.7. The highest BCUT2D eigenvalue weighted by Crippen LogP contribution is 2.46. The Kier molecular flexibility index (Phi) is 6.35. The zero-order chi connectivity index (χ0) is 22.4. The van der Waals surface area contributed by atoms with E-state index in [1.807, 2.05) is 0 Å². The van der Waals surface area contributed by atoms with Crippen molar-refractivity contribution in [1.29, 1.82) is 0 Å². The van der Waals surface area contributed by atoms with Crippen molar-refractivity contribution in [2.75, 3.05) is 0 Å². The zero-order valence-electron chi connectivity index (χ0n) is 15.6. The molecule has 0 saturated heterocycles. The predicted octanol–water partition coefficient (Wildman–Crippen LogP) is 7.70. The lowest BCUT2D eigenvalue weighted by Crippen LogP contribution is -2.25. The summed E-state index contributed by atoms with van der Waals surface area (Å²) in [7, 11) is 0. The van der Waals surface area contributed by atoms with Gasteiger partial charge in [-0.2, -0.15) is 17.6 Å². The van der Waals surface area contributed by atoms with E-state index in [2.05, 4.69) is 36.6 Å². The summed E-state index contributed by atoms with van der Waals surface area (Å²) in [6, 6.07) is 0. The second-order valence-electron chi connectivity index (χ2n) is 7.27. The van der Waals surface area contributed by atoms with Crippen LogP contribution in [0.3, 0.4) is 0 Å². The van der Waals surface area contributed by atoms with E-state index in [4.69, 9.17) is 9.47 Å². The van der Waals surface area contributed by atoms with Crippen LogP contribution in [0.2, 0.25) is 0 Å². The fourth-order valence-electron chi connectivity index (χ4n) is 2.98. The second-order valence-corrected chi connectivity index (χ2v) is 8.86. The normalized spacial score (nSPS) is 16.6. The molecular formula is C20H14Br2F6O3. The molecule has 0 bridgehead atoms. The van der Waals surface area contributed by atoms with Gasteiger partial charge in [-0.1, -0.05) is 0 Å². The summed E-state index contributed by atoms with van der Waals surface area (Å²) in [6.45, 7) is 0. The van der Waals surface area contributed by atoms with Gasteiger partial charge in [-0.25, -0.2) is 8.78 Å². The predicted molar refractivity (Wildman–Crippen MR) is 105 cm³/mol. The minimum Gasteiger partial charge on any atom is -0.486 e.